The molecule has 0 saturated carbocycles. The van der Waals surface area contributed by atoms with E-state index < -0.39 is 6.04 Å². The Kier molecular flexibility index (Phi) is 6.48. The van der Waals surface area contributed by atoms with E-state index in [1.54, 1.807) is 18.8 Å². The third kappa shape index (κ3) is 4.30. The minimum atomic E-state index is -0.466. The number of carbonyl (C=O) groups excluding carboxylic acids is 1. The van der Waals surface area contributed by atoms with Crippen molar-refractivity contribution in [2.24, 2.45) is 12.8 Å². The Hall–Kier alpha value is -0.910. The van der Waals surface area contributed by atoms with Gasteiger partial charge in [-0.25, -0.2) is 0 Å². The maximum atomic E-state index is 12.0. The molecule has 0 amide bonds. The molecule has 0 radical (unpaired) electrons. The Morgan fingerprint density at radius 2 is 2.26 bits per heavy atom. The van der Waals surface area contributed by atoms with Crippen molar-refractivity contribution >= 4 is 17.4 Å². The second-order valence-corrected chi connectivity index (χ2v) is 4.95. The van der Waals surface area contributed by atoms with Crippen LogP contribution >= 0.6 is 11.6 Å². The van der Waals surface area contributed by atoms with E-state index in [0.717, 1.165) is 24.2 Å². The van der Waals surface area contributed by atoms with Gasteiger partial charge in [-0.1, -0.05) is 18.5 Å². The summed E-state index contributed by atoms with van der Waals surface area (Å²) in [6, 6.07) is -0.466. The smallest absolute Gasteiger partial charge is 0.155 e. The molecule has 1 unspecified atom stereocenters. The molecule has 0 fully saturated rings. The first-order chi connectivity index (χ1) is 9.01. The number of hydrogen-bond acceptors (Lipinski definition) is 4. The molecule has 0 saturated heterocycles. The quantitative estimate of drug-likeness (QED) is 0.736. The van der Waals surface area contributed by atoms with Crippen LogP contribution in [0.3, 0.4) is 0 Å². The van der Waals surface area contributed by atoms with Crippen LogP contribution in [0.15, 0.2) is 0 Å². The van der Waals surface area contributed by atoms with E-state index in [4.69, 9.17) is 22.1 Å². The first-order valence-corrected chi connectivity index (χ1v) is 6.86. The molecular formula is C13H22ClN3O2. The molecule has 0 aliphatic rings. The predicted octanol–water partition coefficient (Wildman–Crippen LogP) is 1.50. The number of ketones is 1. The van der Waals surface area contributed by atoms with E-state index in [2.05, 4.69) is 5.10 Å². The van der Waals surface area contributed by atoms with Crippen molar-refractivity contribution in [1.29, 1.82) is 0 Å². The van der Waals surface area contributed by atoms with Crippen LogP contribution in [0.5, 0.6) is 0 Å². The summed E-state index contributed by atoms with van der Waals surface area (Å²) in [7, 11) is 3.43. The fourth-order valence-electron chi connectivity index (χ4n) is 1.92. The van der Waals surface area contributed by atoms with Gasteiger partial charge in [0.15, 0.2) is 5.78 Å². The maximum absolute atomic E-state index is 12.0. The van der Waals surface area contributed by atoms with Crippen LogP contribution in [0, 0.1) is 0 Å². The fraction of sp³-hybridized carbons (Fsp3) is 0.692. The van der Waals surface area contributed by atoms with E-state index >= 15 is 0 Å². The summed E-state index contributed by atoms with van der Waals surface area (Å²) in [5.41, 5.74) is 7.43. The van der Waals surface area contributed by atoms with Crippen molar-refractivity contribution in [3.8, 4) is 0 Å². The second-order valence-electron chi connectivity index (χ2n) is 4.57. The number of aryl methyl sites for hydroxylation is 2. The van der Waals surface area contributed by atoms with Crippen LogP contribution in [0.25, 0.3) is 0 Å². The number of rotatable bonds is 8. The number of aromatic nitrogens is 2. The SMILES string of the molecule is CCc1nn(C)c(CC(=O)C(N)CCCOC)c1Cl. The maximum Gasteiger partial charge on any atom is 0.155 e. The molecule has 1 rings (SSSR count). The van der Waals surface area contributed by atoms with Gasteiger partial charge >= 0.3 is 0 Å². The van der Waals surface area contributed by atoms with E-state index in [-0.39, 0.29) is 12.2 Å². The summed E-state index contributed by atoms with van der Waals surface area (Å²) in [6.45, 7) is 2.60. The molecule has 1 aromatic rings. The summed E-state index contributed by atoms with van der Waals surface area (Å²) in [6.07, 6.45) is 2.39. The van der Waals surface area contributed by atoms with Gasteiger partial charge < -0.3 is 10.5 Å². The number of nitrogens with zero attached hydrogens (tertiary/aromatic N) is 2. The predicted molar refractivity (Wildman–Crippen MR) is 75.4 cm³/mol. The van der Waals surface area contributed by atoms with Crippen molar-refractivity contribution in [1.82, 2.24) is 9.78 Å². The zero-order valence-corrected chi connectivity index (χ0v) is 12.5. The number of Topliss-reactive ketones (excluding diaryl/α,β-unsaturated/α-hetero) is 1. The van der Waals surface area contributed by atoms with Crippen LogP contribution in [0.1, 0.15) is 31.2 Å². The molecule has 1 aromatic heterocycles. The Labute approximate surface area is 119 Å². The minimum absolute atomic E-state index is 0.0105. The van der Waals surface area contributed by atoms with Crippen molar-refractivity contribution in [2.75, 3.05) is 13.7 Å². The second kappa shape index (κ2) is 7.62. The largest absolute Gasteiger partial charge is 0.385 e. The zero-order valence-electron chi connectivity index (χ0n) is 11.8. The van der Waals surface area contributed by atoms with Gasteiger partial charge in [-0.2, -0.15) is 5.10 Å². The zero-order chi connectivity index (χ0) is 14.4. The minimum Gasteiger partial charge on any atom is -0.385 e. The first kappa shape index (κ1) is 16.1. The van der Waals surface area contributed by atoms with Crippen LogP contribution in [-0.2, 0) is 29.4 Å². The van der Waals surface area contributed by atoms with Crippen LogP contribution in [-0.4, -0.2) is 35.3 Å². The van der Waals surface area contributed by atoms with Gasteiger partial charge in [0.05, 0.1) is 28.9 Å². The number of hydrogen-bond donors (Lipinski definition) is 1. The fourth-order valence-corrected chi connectivity index (χ4v) is 2.28. The van der Waals surface area contributed by atoms with Crippen LogP contribution in [0.4, 0.5) is 0 Å². The van der Waals surface area contributed by atoms with Gasteiger partial charge in [0.25, 0.3) is 0 Å². The van der Waals surface area contributed by atoms with Crippen LogP contribution < -0.4 is 5.73 Å². The van der Waals surface area contributed by atoms with Gasteiger partial charge in [0, 0.05) is 20.8 Å². The molecule has 1 atom stereocenters. The van der Waals surface area contributed by atoms with E-state index in [9.17, 15) is 4.79 Å². The molecular weight excluding hydrogens is 266 g/mol. The summed E-state index contributed by atoms with van der Waals surface area (Å²) in [5.74, 6) is -0.0105. The number of nitrogens with two attached hydrogens (primary N) is 1. The normalized spacial score (nSPS) is 12.7. The summed E-state index contributed by atoms with van der Waals surface area (Å²) < 4.78 is 6.61. The molecule has 5 nitrogen and oxygen atoms in total. The monoisotopic (exact) mass is 287 g/mol. The molecule has 0 spiro atoms. The molecule has 1 heterocycles. The van der Waals surface area contributed by atoms with Crippen LogP contribution in [0.2, 0.25) is 5.02 Å². The van der Waals surface area contributed by atoms with Crippen molar-refractivity contribution in [3.63, 3.8) is 0 Å². The average Bonchev–Trinajstić information content (AvgIpc) is 2.66. The Balaban J connectivity index is 2.63. The highest BCUT2D eigenvalue weighted by molar-refractivity contribution is 6.32. The average molecular weight is 288 g/mol. The summed E-state index contributed by atoms with van der Waals surface area (Å²) in [4.78, 5) is 12.0. The molecule has 108 valence electrons. The number of methoxy groups -OCH3 is 1. The molecule has 2 N–H and O–H groups in total. The molecule has 0 aliphatic heterocycles. The van der Waals surface area contributed by atoms with Gasteiger partial charge in [0.1, 0.15) is 0 Å². The summed E-state index contributed by atoms with van der Waals surface area (Å²) >= 11 is 6.21. The lowest BCUT2D eigenvalue weighted by atomic mass is 10.0. The first-order valence-electron chi connectivity index (χ1n) is 6.48. The third-order valence-corrected chi connectivity index (χ3v) is 3.56. The van der Waals surface area contributed by atoms with Crippen molar-refractivity contribution in [3.05, 3.63) is 16.4 Å². The Morgan fingerprint density at radius 3 is 2.79 bits per heavy atom. The standard InChI is InChI=1S/C13H22ClN3O2/c1-4-10-13(14)11(17(2)16-10)8-12(18)9(15)6-5-7-19-3/h9H,4-8,15H2,1-3H3. The van der Waals surface area contributed by atoms with Gasteiger partial charge in [-0.3, -0.25) is 9.48 Å². The molecule has 0 bridgehead atoms. The van der Waals surface area contributed by atoms with E-state index in [0.29, 0.717) is 18.1 Å². The highest BCUT2D eigenvalue weighted by atomic mass is 35.5. The Bertz CT molecular complexity index is 432. The van der Waals surface area contributed by atoms with E-state index in [1.165, 1.54) is 0 Å². The molecule has 0 aromatic carbocycles. The Morgan fingerprint density at radius 1 is 1.58 bits per heavy atom. The lowest BCUT2D eigenvalue weighted by Crippen LogP contribution is -2.32. The highest BCUT2D eigenvalue weighted by Crippen LogP contribution is 2.21. The van der Waals surface area contributed by atoms with E-state index in [1.807, 2.05) is 6.92 Å². The molecule has 19 heavy (non-hydrogen) atoms. The topological polar surface area (TPSA) is 70.1 Å². The lowest BCUT2D eigenvalue weighted by Gasteiger charge is -2.10. The molecule has 6 heteroatoms. The lowest BCUT2D eigenvalue weighted by molar-refractivity contribution is -0.119. The number of halogens is 1. The van der Waals surface area contributed by atoms with Gasteiger partial charge in [-0.15, -0.1) is 0 Å². The van der Waals surface area contributed by atoms with Gasteiger partial charge in [-0.05, 0) is 19.3 Å². The third-order valence-electron chi connectivity index (χ3n) is 3.12. The number of carbonyl (C=O) groups is 1. The van der Waals surface area contributed by atoms with Crippen molar-refractivity contribution < 1.29 is 9.53 Å². The number of ether oxygens (including phenoxy) is 1. The summed E-state index contributed by atoms with van der Waals surface area (Å²) in [5, 5.41) is 4.87. The van der Waals surface area contributed by atoms with Crippen molar-refractivity contribution in [2.45, 2.75) is 38.6 Å². The highest BCUT2D eigenvalue weighted by Gasteiger charge is 2.19. The van der Waals surface area contributed by atoms with Gasteiger partial charge in [0.2, 0.25) is 0 Å². The molecule has 0 aliphatic carbocycles.